The van der Waals surface area contributed by atoms with E-state index in [0.29, 0.717) is 0 Å². The molecule has 7 nitrogen and oxygen atoms in total. The van der Waals surface area contributed by atoms with Crippen molar-refractivity contribution in [2.75, 3.05) is 13.2 Å². The Hall–Kier alpha value is -1.84. The van der Waals surface area contributed by atoms with Crippen molar-refractivity contribution in [3.63, 3.8) is 0 Å². The fourth-order valence-electron chi connectivity index (χ4n) is 2.46. The lowest BCUT2D eigenvalue weighted by Crippen LogP contribution is -2.42. The first kappa shape index (κ1) is 20.5. The maximum atomic E-state index is 13.0. The minimum Gasteiger partial charge on any atom is -0.456 e. The lowest BCUT2D eigenvalue weighted by molar-refractivity contribution is -0.153. The number of halogens is 1. The van der Waals surface area contributed by atoms with Crippen LogP contribution in [0, 0.1) is 11.2 Å². The number of nitrogens with zero attached hydrogens (tertiary/aromatic N) is 1. The lowest BCUT2D eigenvalue weighted by Gasteiger charge is -2.23. The van der Waals surface area contributed by atoms with Crippen LogP contribution >= 0.6 is 0 Å². The van der Waals surface area contributed by atoms with Crippen LogP contribution in [-0.4, -0.2) is 54.9 Å². The molecule has 26 heavy (non-hydrogen) atoms. The van der Waals surface area contributed by atoms with Crippen molar-refractivity contribution in [1.82, 2.24) is 4.31 Å². The molecule has 1 heterocycles. The van der Waals surface area contributed by atoms with Crippen LogP contribution in [0.1, 0.15) is 27.2 Å². The summed E-state index contributed by atoms with van der Waals surface area (Å²) in [6, 6.07) is 2.92. The van der Waals surface area contributed by atoms with Crippen LogP contribution in [0.15, 0.2) is 29.2 Å². The number of ketones is 1. The van der Waals surface area contributed by atoms with Crippen LogP contribution in [0.4, 0.5) is 4.39 Å². The molecule has 1 fully saturated rings. The topological polar surface area (TPSA) is 101 Å². The molecule has 1 aromatic carbocycles. The van der Waals surface area contributed by atoms with E-state index in [1.807, 2.05) is 0 Å². The Labute approximate surface area is 151 Å². The highest BCUT2D eigenvalue weighted by atomic mass is 32.2. The number of esters is 1. The number of benzene rings is 1. The van der Waals surface area contributed by atoms with Gasteiger partial charge >= 0.3 is 5.97 Å². The van der Waals surface area contributed by atoms with Gasteiger partial charge in [-0.25, -0.2) is 12.8 Å². The van der Waals surface area contributed by atoms with Crippen LogP contribution < -0.4 is 0 Å². The van der Waals surface area contributed by atoms with E-state index in [0.717, 1.165) is 28.6 Å². The Kier molecular flexibility index (Phi) is 5.84. The van der Waals surface area contributed by atoms with Gasteiger partial charge in [-0.1, -0.05) is 20.8 Å². The monoisotopic (exact) mass is 387 g/mol. The minimum absolute atomic E-state index is 0.136. The first-order valence-corrected chi connectivity index (χ1v) is 9.52. The van der Waals surface area contributed by atoms with Crippen LogP contribution in [0.25, 0.3) is 0 Å². The summed E-state index contributed by atoms with van der Waals surface area (Å²) in [6.07, 6.45) is -1.18. The van der Waals surface area contributed by atoms with Crippen LogP contribution in [-0.2, 0) is 24.3 Å². The standard InChI is InChI=1S/C17H22FNO6S/c1-17(2,3)15(21)10-25-16(22)14-8-12(20)9-19(14)26(23,24)13-6-4-11(18)5-7-13/h4-7,12,14,20H,8-10H2,1-3H3/t12-,14+/m1/s1. The van der Waals surface area contributed by atoms with Crippen molar-refractivity contribution in [3.8, 4) is 0 Å². The summed E-state index contributed by atoms with van der Waals surface area (Å²) >= 11 is 0. The number of β-amino-alcohol motifs (C(OH)–C–C–N with tert-alkyl or cyclic N) is 1. The largest absolute Gasteiger partial charge is 0.456 e. The predicted octanol–water partition coefficient (Wildman–Crippen LogP) is 1.11. The number of sulfonamides is 1. The zero-order chi connectivity index (χ0) is 19.7. The summed E-state index contributed by atoms with van der Waals surface area (Å²) in [7, 11) is -4.13. The molecule has 144 valence electrons. The first-order chi connectivity index (χ1) is 11.9. The molecule has 1 aliphatic rings. The normalized spacial score (nSPS) is 21.6. The molecule has 0 aromatic heterocycles. The quantitative estimate of drug-likeness (QED) is 0.760. The van der Waals surface area contributed by atoms with Gasteiger partial charge in [-0.3, -0.25) is 9.59 Å². The van der Waals surface area contributed by atoms with Crippen molar-refractivity contribution in [2.45, 2.75) is 44.2 Å². The van der Waals surface area contributed by atoms with Gasteiger partial charge in [-0.2, -0.15) is 4.31 Å². The summed E-state index contributed by atoms with van der Waals surface area (Å²) in [5.41, 5.74) is -0.699. The average molecular weight is 387 g/mol. The van der Waals surface area contributed by atoms with Crippen molar-refractivity contribution >= 4 is 21.8 Å². The van der Waals surface area contributed by atoms with Gasteiger partial charge in [0.1, 0.15) is 11.9 Å². The van der Waals surface area contributed by atoms with E-state index in [-0.39, 0.29) is 23.6 Å². The second kappa shape index (κ2) is 7.42. The van der Waals surface area contributed by atoms with E-state index >= 15 is 0 Å². The average Bonchev–Trinajstić information content (AvgIpc) is 2.94. The second-order valence-corrected chi connectivity index (χ2v) is 9.11. The molecular formula is C17H22FNO6S. The molecule has 1 N–H and O–H groups in total. The number of rotatable bonds is 5. The number of ether oxygens (including phenoxy) is 1. The van der Waals surface area contributed by atoms with Gasteiger partial charge < -0.3 is 9.84 Å². The number of carbonyl (C=O) groups is 2. The van der Waals surface area contributed by atoms with Gasteiger partial charge in [0.2, 0.25) is 10.0 Å². The van der Waals surface area contributed by atoms with Crippen molar-refractivity contribution in [2.24, 2.45) is 5.41 Å². The summed E-state index contributed by atoms with van der Waals surface area (Å²) in [6.45, 7) is 4.27. The Morgan fingerprint density at radius 3 is 2.38 bits per heavy atom. The molecule has 0 unspecified atom stereocenters. The molecule has 1 saturated heterocycles. The Morgan fingerprint density at radius 2 is 1.85 bits per heavy atom. The van der Waals surface area contributed by atoms with Crippen molar-refractivity contribution in [3.05, 3.63) is 30.1 Å². The molecule has 0 saturated carbocycles. The molecule has 2 rings (SSSR count). The predicted molar refractivity (Wildman–Crippen MR) is 90.1 cm³/mol. The van der Waals surface area contributed by atoms with Gasteiger partial charge in [0.25, 0.3) is 0 Å². The number of aliphatic hydroxyl groups is 1. The van der Waals surface area contributed by atoms with Crippen LogP contribution in [0.2, 0.25) is 0 Å². The van der Waals surface area contributed by atoms with E-state index in [1.54, 1.807) is 20.8 Å². The number of carbonyl (C=O) groups excluding carboxylic acids is 2. The molecule has 0 bridgehead atoms. The van der Waals surface area contributed by atoms with Crippen molar-refractivity contribution in [1.29, 1.82) is 0 Å². The highest BCUT2D eigenvalue weighted by molar-refractivity contribution is 7.89. The number of aliphatic hydroxyl groups excluding tert-OH is 1. The second-order valence-electron chi connectivity index (χ2n) is 7.21. The highest BCUT2D eigenvalue weighted by Crippen LogP contribution is 2.27. The fraction of sp³-hybridized carbons (Fsp3) is 0.529. The molecular weight excluding hydrogens is 365 g/mol. The third kappa shape index (κ3) is 4.46. The van der Waals surface area contributed by atoms with E-state index in [1.165, 1.54) is 0 Å². The van der Waals surface area contributed by atoms with Gasteiger partial charge in [0.15, 0.2) is 12.4 Å². The molecule has 2 atom stereocenters. The molecule has 0 spiro atoms. The highest BCUT2D eigenvalue weighted by Gasteiger charge is 2.44. The fourth-order valence-corrected chi connectivity index (χ4v) is 4.08. The SMILES string of the molecule is CC(C)(C)C(=O)COC(=O)[C@@H]1C[C@@H](O)CN1S(=O)(=O)c1ccc(F)cc1. The zero-order valence-corrected chi connectivity index (χ0v) is 15.6. The van der Waals surface area contributed by atoms with Gasteiger partial charge in [0, 0.05) is 18.4 Å². The Balaban J connectivity index is 2.18. The maximum Gasteiger partial charge on any atom is 0.325 e. The van der Waals surface area contributed by atoms with Crippen LogP contribution in [0.5, 0.6) is 0 Å². The third-order valence-corrected chi connectivity index (χ3v) is 6.00. The molecule has 0 radical (unpaired) electrons. The molecule has 0 aliphatic carbocycles. The van der Waals surface area contributed by atoms with E-state index in [9.17, 15) is 27.5 Å². The van der Waals surface area contributed by atoms with Crippen molar-refractivity contribution < 1.29 is 32.2 Å². The molecule has 1 aromatic rings. The van der Waals surface area contributed by atoms with Gasteiger partial charge in [-0.05, 0) is 24.3 Å². The third-order valence-electron chi connectivity index (χ3n) is 4.11. The smallest absolute Gasteiger partial charge is 0.325 e. The van der Waals surface area contributed by atoms with Gasteiger partial charge in [-0.15, -0.1) is 0 Å². The summed E-state index contributed by atoms with van der Waals surface area (Å²) in [4.78, 5) is 24.0. The zero-order valence-electron chi connectivity index (χ0n) is 14.8. The summed E-state index contributed by atoms with van der Waals surface area (Å²) < 4.78 is 44.3. The molecule has 9 heteroatoms. The van der Waals surface area contributed by atoms with E-state index in [4.69, 9.17) is 4.74 Å². The maximum absolute atomic E-state index is 13.0. The first-order valence-electron chi connectivity index (χ1n) is 8.08. The molecule has 1 aliphatic heterocycles. The van der Waals surface area contributed by atoms with E-state index in [2.05, 4.69) is 0 Å². The Bertz CT molecular complexity index is 784. The van der Waals surface area contributed by atoms with Gasteiger partial charge in [0.05, 0.1) is 11.0 Å². The minimum atomic E-state index is -4.13. The van der Waals surface area contributed by atoms with Crippen LogP contribution in [0.3, 0.4) is 0 Å². The molecule has 0 amide bonds. The number of Topliss-reactive ketones (excluding diaryl/α,β-unsaturated/α-hetero) is 1. The number of hydrogen-bond acceptors (Lipinski definition) is 6. The number of hydrogen-bond donors (Lipinski definition) is 1. The Morgan fingerprint density at radius 1 is 1.27 bits per heavy atom. The lowest BCUT2D eigenvalue weighted by atomic mass is 9.91. The summed E-state index contributed by atoms with van der Waals surface area (Å²) in [5, 5.41) is 9.84. The van der Waals surface area contributed by atoms with E-state index < -0.39 is 46.0 Å². The summed E-state index contributed by atoms with van der Waals surface area (Å²) in [5.74, 6) is -1.80.